The molecule has 168 valence electrons. The van der Waals surface area contributed by atoms with Gasteiger partial charge in [-0.25, -0.2) is 8.42 Å². The topological polar surface area (TPSA) is 93.7 Å². The molecule has 0 aliphatic carbocycles. The number of carbonyl (C=O) groups is 1. The van der Waals surface area contributed by atoms with E-state index in [1.807, 2.05) is 36.4 Å². The van der Waals surface area contributed by atoms with Crippen LogP contribution in [0.5, 0.6) is 11.5 Å². The molecule has 3 rings (SSSR count). The molecule has 0 radical (unpaired) electrons. The third-order valence-corrected chi connectivity index (χ3v) is 6.85. The number of ether oxygens (including phenoxy) is 2. The summed E-state index contributed by atoms with van der Waals surface area (Å²) in [6.45, 7) is 0. The standard InChI is InChI=1S/C23H23BrN2O5S/c1-30-21-13-12-17(15-22(21)31-2)32(28,29)26-20(14-16-8-4-3-5-9-16)23(27)25-19-11-7-6-10-18(19)24/h3-13,15,20,26H,14H2,1-2H3,(H,25,27)/t20-/m1/s1. The lowest BCUT2D eigenvalue weighted by molar-refractivity contribution is -0.117. The Bertz CT molecular complexity index is 1190. The molecular formula is C23H23BrN2O5S. The van der Waals surface area contributed by atoms with E-state index in [9.17, 15) is 13.2 Å². The summed E-state index contributed by atoms with van der Waals surface area (Å²) in [5, 5.41) is 2.79. The van der Waals surface area contributed by atoms with E-state index < -0.39 is 22.0 Å². The zero-order chi connectivity index (χ0) is 23.1. The van der Waals surface area contributed by atoms with E-state index in [4.69, 9.17) is 9.47 Å². The molecule has 7 nitrogen and oxygen atoms in total. The van der Waals surface area contributed by atoms with Gasteiger partial charge in [0.2, 0.25) is 15.9 Å². The largest absolute Gasteiger partial charge is 0.493 e. The summed E-state index contributed by atoms with van der Waals surface area (Å²) in [6.07, 6.45) is 0.170. The van der Waals surface area contributed by atoms with E-state index in [0.29, 0.717) is 15.9 Å². The van der Waals surface area contributed by atoms with Crippen molar-refractivity contribution in [2.45, 2.75) is 17.4 Å². The Kier molecular flexibility index (Phi) is 7.89. The molecule has 3 aromatic carbocycles. The van der Waals surface area contributed by atoms with Gasteiger partial charge in [0.05, 0.1) is 24.8 Å². The van der Waals surface area contributed by atoms with Crippen LogP contribution in [0.1, 0.15) is 5.56 Å². The maximum atomic E-state index is 13.1. The number of rotatable bonds is 9. The number of benzene rings is 3. The molecule has 0 saturated carbocycles. The van der Waals surface area contributed by atoms with Gasteiger partial charge in [0.15, 0.2) is 11.5 Å². The summed E-state index contributed by atoms with van der Waals surface area (Å²) >= 11 is 3.39. The lowest BCUT2D eigenvalue weighted by Gasteiger charge is -2.20. The highest BCUT2D eigenvalue weighted by atomic mass is 79.9. The Morgan fingerprint density at radius 2 is 1.59 bits per heavy atom. The number of sulfonamides is 1. The molecule has 0 aromatic heterocycles. The first-order valence-corrected chi connectivity index (χ1v) is 12.0. The highest BCUT2D eigenvalue weighted by Crippen LogP contribution is 2.29. The third kappa shape index (κ3) is 5.87. The first kappa shape index (κ1) is 23.8. The highest BCUT2D eigenvalue weighted by Gasteiger charge is 2.27. The predicted molar refractivity (Wildman–Crippen MR) is 127 cm³/mol. The van der Waals surface area contributed by atoms with Gasteiger partial charge in [-0.15, -0.1) is 0 Å². The third-order valence-electron chi connectivity index (χ3n) is 4.69. The van der Waals surface area contributed by atoms with Gasteiger partial charge in [0.1, 0.15) is 6.04 Å². The van der Waals surface area contributed by atoms with Crippen LogP contribution < -0.4 is 19.5 Å². The monoisotopic (exact) mass is 518 g/mol. The molecule has 0 saturated heterocycles. The molecule has 0 unspecified atom stereocenters. The van der Waals surface area contributed by atoms with Crippen LogP contribution in [0.3, 0.4) is 0 Å². The Morgan fingerprint density at radius 3 is 2.25 bits per heavy atom. The maximum absolute atomic E-state index is 13.1. The molecule has 2 N–H and O–H groups in total. The fourth-order valence-corrected chi connectivity index (χ4v) is 4.65. The first-order valence-electron chi connectivity index (χ1n) is 9.67. The molecule has 1 amide bonds. The molecule has 0 aliphatic rings. The SMILES string of the molecule is COc1ccc(S(=O)(=O)N[C@H](Cc2ccccc2)C(=O)Nc2ccccc2Br)cc1OC. The van der Waals surface area contributed by atoms with Gasteiger partial charge in [-0.3, -0.25) is 4.79 Å². The number of nitrogens with one attached hydrogen (secondary N) is 2. The molecule has 0 heterocycles. The van der Waals surface area contributed by atoms with Crippen molar-refractivity contribution in [2.75, 3.05) is 19.5 Å². The molecule has 0 fully saturated rings. The summed E-state index contributed by atoms with van der Waals surface area (Å²) in [5.41, 5.74) is 1.36. The van der Waals surface area contributed by atoms with Gasteiger partial charge in [-0.1, -0.05) is 42.5 Å². The highest BCUT2D eigenvalue weighted by molar-refractivity contribution is 9.10. The average Bonchev–Trinajstić information content (AvgIpc) is 2.80. The van der Waals surface area contributed by atoms with E-state index in [1.54, 1.807) is 18.2 Å². The van der Waals surface area contributed by atoms with E-state index in [0.717, 1.165) is 5.56 Å². The molecule has 0 spiro atoms. The molecule has 3 aromatic rings. The fourth-order valence-electron chi connectivity index (χ4n) is 3.06. The number of anilines is 1. The van der Waals surface area contributed by atoms with Gasteiger partial charge in [0.25, 0.3) is 0 Å². The Morgan fingerprint density at radius 1 is 0.938 bits per heavy atom. The number of methoxy groups -OCH3 is 2. The zero-order valence-electron chi connectivity index (χ0n) is 17.5. The number of hydrogen-bond acceptors (Lipinski definition) is 5. The maximum Gasteiger partial charge on any atom is 0.242 e. The summed E-state index contributed by atoms with van der Waals surface area (Å²) in [5.74, 6) is 0.191. The van der Waals surface area contributed by atoms with Crippen molar-refractivity contribution in [3.63, 3.8) is 0 Å². The van der Waals surface area contributed by atoms with Crippen molar-refractivity contribution < 1.29 is 22.7 Å². The summed E-state index contributed by atoms with van der Waals surface area (Å²) < 4.78 is 39.9. The zero-order valence-corrected chi connectivity index (χ0v) is 19.9. The second-order valence-electron chi connectivity index (χ2n) is 6.85. The number of amides is 1. The van der Waals surface area contributed by atoms with Gasteiger partial charge >= 0.3 is 0 Å². The lowest BCUT2D eigenvalue weighted by Crippen LogP contribution is -2.45. The number of hydrogen-bond donors (Lipinski definition) is 2. The summed E-state index contributed by atoms with van der Waals surface area (Å²) in [7, 11) is -1.16. The Labute approximate surface area is 195 Å². The summed E-state index contributed by atoms with van der Waals surface area (Å²) in [6, 6.07) is 19.5. The molecule has 0 aliphatic heterocycles. The second-order valence-corrected chi connectivity index (χ2v) is 9.42. The van der Waals surface area contributed by atoms with Crippen molar-refractivity contribution in [1.29, 1.82) is 0 Å². The predicted octanol–water partition coefficient (Wildman–Crippen LogP) is 3.99. The number of para-hydroxylation sites is 1. The normalized spacial score (nSPS) is 12.1. The second kappa shape index (κ2) is 10.6. The van der Waals surface area contributed by atoms with Crippen LogP contribution in [0.25, 0.3) is 0 Å². The van der Waals surface area contributed by atoms with Crippen LogP contribution in [-0.4, -0.2) is 34.6 Å². The molecule has 0 bridgehead atoms. The summed E-state index contributed by atoms with van der Waals surface area (Å²) in [4.78, 5) is 13.1. The minimum absolute atomic E-state index is 0.0399. The van der Waals surface area contributed by atoms with Crippen LogP contribution in [0.4, 0.5) is 5.69 Å². The van der Waals surface area contributed by atoms with Crippen LogP contribution >= 0.6 is 15.9 Å². The first-order chi connectivity index (χ1) is 15.3. The Hall–Kier alpha value is -2.88. The van der Waals surface area contributed by atoms with E-state index in [-0.39, 0.29) is 17.1 Å². The minimum atomic E-state index is -4.04. The van der Waals surface area contributed by atoms with E-state index in [2.05, 4.69) is 26.0 Å². The van der Waals surface area contributed by atoms with Crippen molar-refractivity contribution in [3.05, 3.63) is 82.8 Å². The van der Waals surface area contributed by atoms with Gasteiger partial charge < -0.3 is 14.8 Å². The van der Waals surface area contributed by atoms with Crippen molar-refractivity contribution in [3.8, 4) is 11.5 Å². The van der Waals surface area contributed by atoms with Crippen molar-refractivity contribution >= 4 is 37.5 Å². The van der Waals surface area contributed by atoms with Gasteiger partial charge in [-0.05, 0) is 52.2 Å². The molecule has 32 heavy (non-hydrogen) atoms. The van der Waals surface area contributed by atoms with Gasteiger partial charge in [-0.2, -0.15) is 4.72 Å². The number of carbonyl (C=O) groups excluding carboxylic acids is 1. The van der Waals surface area contributed by atoms with Crippen LogP contribution in [0, 0.1) is 0 Å². The minimum Gasteiger partial charge on any atom is -0.493 e. The van der Waals surface area contributed by atoms with Crippen molar-refractivity contribution in [1.82, 2.24) is 4.72 Å². The lowest BCUT2D eigenvalue weighted by atomic mass is 10.1. The number of halogens is 1. The van der Waals surface area contributed by atoms with Crippen LogP contribution in [-0.2, 0) is 21.2 Å². The van der Waals surface area contributed by atoms with Crippen LogP contribution in [0.2, 0.25) is 0 Å². The van der Waals surface area contributed by atoms with E-state index in [1.165, 1.54) is 32.4 Å². The van der Waals surface area contributed by atoms with Crippen LogP contribution in [0.15, 0.2) is 82.2 Å². The molecular weight excluding hydrogens is 496 g/mol. The average molecular weight is 519 g/mol. The Balaban J connectivity index is 1.90. The molecule has 9 heteroatoms. The smallest absolute Gasteiger partial charge is 0.242 e. The molecule has 1 atom stereocenters. The van der Waals surface area contributed by atoms with Gasteiger partial charge in [0, 0.05) is 10.5 Å². The van der Waals surface area contributed by atoms with E-state index >= 15 is 0 Å². The van der Waals surface area contributed by atoms with Crippen molar-refractivity contribution in [2.24, 2.45) is 0 Å². The fraction of sp³-hybridized carbons (Fsp3) is 0.174. The quantitative estimate of drug-likeness (QED) is 0.446.